The van der Waals surface area contributed by atoms with E-state index in [0.717, 1.165) is 18.9 Å². The molecule has 6 heteroatoms. The van der Waals surface area contributed by atoms with Crippen molar-refractivity contribution < 1.29 is 14.0 Å². The Morgan fingerprint density at radius 3 is 2.48 bits per heavy atom. The molecule has 0 aliphatic carbocycles. The van der Waals surface area contributed by atoms with Crippen LogP contribution in [0.4, 0.5) is 4.39 Å². The van der Waals surface area contributed by atoms with Crippen LogP contribution in [-0.4, -0.2) is 47.8 Å². The van der Waals surface area contributed by atoms with Gasteiger partial charge in [0.2, 0.25) is 5.91 Å². The number of carbonyl (C=O) groups excluding carboxylic acids is 2. The molecule has 21 heavy (non-hydrogen) atoms. The van der Waals surface area contributed by atoms with Crippen molar-refractivity contribution in [3.8, 4) is 0 Å². The van der Waals surface area contributed by atoms with Crippen molar-refractivity contribution in [2.75, 3.05) is 20.1 Å². The fraction of sp³-hybridized carbons (Fsp3) is 0.467. The van der Waals surface area contributed by atoms with E-state index in [4.69, 9.17) is 11.6 Å². The van der Waals surface area contributed by atoms with Crippen LogP contribution < -0.4 is 0 Å². The van der Waals surface area contributed by atoms with Crippen molar-refractivity contribution in [2.45, 2.75) is 25.8 Å². The van der Waals surface area contributed by atoms with Gasteiger partial charge in [-0.05, 0) is 31.0 Å². The van der Waals surface area contributed by atoms with Crippen LogP contribution in [0.2, 0.25) is 5.02 Å². The van der Waals surface area contributed by atoms with Gasteiger partial charge in [-0.25, -0.2) is 4.39 Å². The third-order valence-electron chi connectivity index (χ3n) is 3.96. The van der Waals surface area contributed by atoms with Gasteiger partial charge in [0.1, 0.15) is 5.82 Å². The van der Waals surface area contributed by atoms with E-state index in [1.54, 1.807) is 16.8 Å². The molecule has 0 bridgehead atoms. The second kappa shape index (κ2) is 6.43. The molecule has 1 saturated heterocycles. The molecule has 1 heterocycles. The lowest BCUT2D eigenvalue weighted by Gasteiger charge is -2.36. The second-order valence-electron chi connectivity index (χ2n) is 5.28. The average Bonchev–Trinajstić information content (AvgIpc) is 2.46. The molecular formula is C15H18ClFN2O2. The van der Waals surface area contributed by atoms with Crippen LogP contribution in [0.1, 0.15) is 30.1 Å². The summed E-state index contributed by atoms with van der Waals surface area (Å²) in [6.07, 6.45) is 1.47. The zero-order valence-corrected chi connectivity index (χ0v) is 12.9. The van der Waals surface area contributed by atoms with Gasteiger partial charge in [0, 0.05) is 33.1 Å². The number of rotatable bonds is 2. The Labute approximate surface area is 128 Å². The van der Waals surface area contributed by atoms with Crippen LogP contribution in [0.3, 0.4) is 0 Å². The van der Waals surface area contributed by atoms with Crippen molar-refractivity contribution >= 4 is 23.4 Å². The zero-order valence-electron chi connectivity index (χ0n) is 12.1. The van der Waals surface area contributed by atoms with Gasteiger partial charge in [0.25, 0.3) is 5.91 Å². The first-order valence-corrected chi connectivity index (χ1v) is 7.25. The number of carbonyl (C=O) groups is 2. The van der Waals surface area contributed by atoms with Crippen LogP contribution in [-0.2, 0) is 4.79 Å². The van der Waals surface area contributed by atoms with E-state index < -0.39 is 5.82 Å². The van der Waals surface area contributed by atoms with E-state index in [0.29, 0.717) is 18.7 Å². The third kappa shape index (κ3) is 3.53. The van der Waals surface area contributed by atoms with Gasteiger partial charge in [-0.3, -0.25) is 9.59 Å². The summed E-state index contributed by atoms with van der Waals surface area (Å²) < 4.78 is 13.0. The molecular weight excluding hydrogens is 295 g/mol. The average molecular weight is 313 g/mol. The van der Waals surface area contributed by atoms with E-state index in [2.05, 4.69) is 0 Å². The number of hydrogen-bond donors (Lipinski definition) is 0. The Hall–Kier alpha value is -1.62. The maximum Gasteiger partial charge on any atom is 0.255 e. The summed E-state index contributed by atoms with van der Waals surface area (Å²) in [7, 11) is 1.78. The van der Waals surface area contributed by atoms with Crippen molar-refractivity contribution in [3.63, 3.8) is 0 Å². The number of piperidine rings is 1. The second-order valence-corrected chi connectivity index (χ2v) is 5.68. The fourth-order valence-corrected chi connectivity index (χ4v) is 2.79. The van der Waals surface area contributed by atoms with E-state index in [-0.39, 0.29) is 22.9 Å². The smallest absolute Gasteiger partial charge is 0.255 e. The fourth-order valence-electron chi connectivity index (χ4n) is 2.55. The maximum atomic E-state index is 13.0. The zero-order chi connectivity index (χ0) is 15.6. The lowest BCUT2D eigenvalue weighted by molar-refractivity contribution is -0.130. The highest BCUT2D eigenvalue weighted by molar-refractivity contribution is 6.33. The van der Waals surface area contributed by atoms with E-state index in [9.17, 15) is 14.0 Å². The molecule has 0 aromatic heterocycles. The van der Waals surface area contributed by atoms with Gasteiger partial charge < -0.3 is 9.80 Å². The Bertz CT molecular complexity index is 557. The van der Waals surface area contributed by atoms with Gasteiger partial charge in [-0.2, -0.15) is 0 Å². The third-order valence-corrected chi connectivity index (χ3v) is 4.27. The van der Waals surface area contributed by atoms with Crippen LogP contribution in [0.15, 0.2) is 18.2 Å². The first kappa shape index (κ1) is 15.8. The first-order chi connectivity index (χ1) is 9.90. The van der Waals surface area contributed by atoms with Crippen molar-refractivity contribution in [1.82, 2.24) is 9.80 Å². The Balaban J connectivity index is 2.02. The standard InChI is InChI=1S/C15H18ClFN2O2/c1-10(20)18(2)12-5-7-19(8-6-12)15(21)13-4-3-11(17)9-14(13)16/h3-4,9,12H,5-8H2,1-2H3. The summed E-state index contributed by atoms with van der Waals surface area (Å²) in [6, 6.07) is 3.95. The largest absolute Gasteiger partial charge is 0.343 e. The highest BCUT2D eigenvalue weighted by Crippen LogP contribution is 2.22. The topological polar surface area (TPSA) is 40.6 Å². The van der Waals surface area contributed by atoms with Crippen LogP contribution in [0.5, 0.6) is 0 Å². The Kier molecular flexibility index (Phi) is 4.83. The van der Waals surface area contributed by atoms with E-state index in [1.807, 2.05) is 0 Å². The van der Waals surface area contributed by atoms with Crippen molar-refractivity contribution in [1.29, 1.82) is 0 Å². The maximum absolute atomic E-state index is 13.0. The molecule has 1 aromatic rings. The molecule has 114 valence electrons. The SMILES string of the molecule is CC(=O)N(C)C1CCN(C(=O)c2ccc(F)cc2Cl)CC1. The van der Waals surface area contributed by atoms with Gasteiger partial charge in [0.15, 0.2) is 0 Å². The summed E-state index contributed by atoms with van der Waals surface area (Å²) in [5.74, 6) is -0.622. The van der Waals surface area contributed by atoms with Gasteiger partial charge in [-0.1, -0.05) is 11.6 Å². The highest BCUT2D eigenvalue weighted by atomic mass is 35.5. The summed E-state index contributed by atoms with van der Waals surface area (Å²) in [6.45, 7) is 2.67. The lowest BCUT2D eigenvalue weighted by atomic mass is 10.0. The minimum absolute atomic E-state index is 0.0290. The summed E-state index contributed by atoms with van der Waals surface area (Å²) in [4.78, 5) is 27.1. The number of hydrogen-bond acceptors (Lipinski definition) is 2. The molecule has 4 nitrogen and oxygen atoms in total. The molecule has 1 aromatic carbocycles. The summed E-state index contributed by atoms with van der Waals surface area (Å²) in [5.41, 5.74) is 0.316. The number of halogens is 2. The lowest BCUT2D eigenvalue weighted by Crippen LogP contribution is -2.46. The summed E-state index contributed by atoms with van der Waals surface area (Å²) >= 11 is 5.92. The Morgan fingerprint density at radius 2 is 1.95 bits per heavy atom. The van der Waals surface area contributed by atoms with Gasteiger partial charge >= 0.3 is 0 Å². The predicted octanol–water partition coefficient (Wildman–Crippen LogP) is 2.56. The molecule has 1 aliphatic rings. The molecule has 1 aliphatic heterocycles. The van der Waals surface area contributed by atoms with E-state index >= 15 is 0 Å². The number of benzene rings is 1. The van der Waals surface area contributed by atoms with Crippen LogP contribution in [0, 0.1) is 5.82 Å². The summed E-state index contributed by atoms with van der Waals surface area (Å²) in [5, 5.41) is 0.128. The molecule has 0 atom stereocenters. The molecule has 0 radical (unpaired) electrons. The number of nitrogens with zero attached hydrogens (tertiary/aromatic N) is 2. The van der Waals surface area contributed by atoms with Crippen LogP contribution in [0.25, 0.3) is 0 Å². The molecule has 0 N–H and O–H groups in total. The molecule has 2 amide bonds. The quantitative estimate of drug-likeness (QED) is 0.842. The van der Waals surface area contributed by atoms with Crippen molar-refractivity contribution in [3.05, 3.63) is 34.6 Å². The Morgan fingerprint density at radius 1 is 1.33 bits per heavy atom. The first-order valence-electron chi connectivity index (χ1n) is 6.88. The predicted molar refractivity (Wildman–Crippen MR) is 78.8 cm³/mol. The molecule has 0 unspecified atom stereocenters. The number of amides is 2. The number of likely N-dealkylation sites (tertiary alicyclic amines) is 1. The van der Waals surface area contributed by atoms with Gasteiger partial charge in [0.05, 0.1) is 10.6 Å². The minimum Gasteiger partial charge on any atom is -0.343 e. The van der Waals surface area contributed by atoms with Crippen molar-refractivity contribution in [2.24, 2.45) is 0 Å². The highest BCUT2D eigenvalue weighted by Gasteiger charge is 2.27. The van der Waals surface area contributed by atoms with E-state index in [1.165, 1.54) is 19.1 Å². The monoisotopic (exact) mass is 312 g/mol. The molecule has 0 spiro atoms. The molecule has 2 rings (SSSR count). The minimum atomic E-state index is -0.460. The normalized spacial score (nSPS) is 15.9. The molecule has 0 saturated carbocycles. The molecule has 1 fully saturated rings. The van der Waals surface area contributed by atoms with Gasteiger partial charge in [-0.15, -0.1) is 0 Å². The van der Waals surface area contributed by atoms with Crippen LogP contribution >= 0.6 is 11.6 Å².